The molecule has 3 aliphatic rings. The average Bonchev–Trinajstić information content (AvgIpc) is 3.24. The lowest BCUT2D eigenvalue weighted by Gasteiger charge is -2.38. The maximum atomic E-state index is 13.0. The number of phenols is 2. The standard InChI is InChI=1S/C24H28N2O4S/c27-16-9-11-20(23(28)13-16)24-19-8-4-7-18(19)21-14-17(10-12-22(21)25-24)31(29,30)26-15-5-2-1-3-6-15/h4,7,9-15,18-19,24-28H,1-3,5-6,8H2. The first kappa shape index (κ1) is 20.4. The highest BCUT2D eigenvalue weighted by Gasteiger charge is 2.39. The molecule has 3 atom stereocenters. The Morgan fingerprint density at radius 3 is 2.55 bits per heavy atom. The van der Waals surface area contributed by atoms with Gasteiger partial charge in [-0.15, -0.1) is 0 Å². The number of sulfonamides is 1. The van der Waals surface area contributed by atoms with E-state index in [0.717, 1.165) is 48.9 Å². The first-order chi connectivity index (χ1) is 14.9. The van der Waals surface area contributed by atoms with E-state index in [2.05, 4.69) is 22.2 Å². The van der Waals surface area contributed by atoms with Crippen molar-refractivity contribution in [2.75, 3.05) is 5.32 Å². The van der Waals surface area contributed by atoms with Crippen LogP contribution in [0.25, 0.3) is 0 Å². The zero-order valence-electron chi connectivity index (χ0n) is 17.3. The lowest BCUT2D eigenvalue weighted by Crippen LogP contribution is -2.36. The van der Waals surface area contributed by atoms with Crippen LogP contribution in [0, 0.1) is 5.92 Å². The third kappa shape index (κ3) is 3.81. The molecule has 3 unspecified atom stereocenters. The smallest absolute Gasteiger partial charge is 0.240 e. The number of allylic oxidation sites excluding steroid dienone is 2. The van der Waals surface area contributed by atoms with Gasteiger partial charge in [-0.3, -0.25) is 0 Å². The maximum Gasteiger partial charge on any atom is 0.240 e. The summed E-state index contributed by atoms with van der Waals surface area (Å²) in [7, 11) is -3.57. The van der Waals surface area contributed by atoms with Gasteiger partial charge in [0.15, 0.2) is 0 Å². The molecular formula is C24H28N2O4S. The molecule has 0 saturated heterocycles. The molecule has 5 rings (SSSR count). The molecule has 6 nitrogen and oxygen atoms in total. The molecule has 1 fully saturated rings. The number of aromatic hydroxyl groups is 2. The van der Waals surface area contributed by atoms with Gasteiger partial charge in [0.1, 0.15) is 11.5 Å². The zero-order valence-corrected chi connectivity index (χ0v) is 18.1. The van der Waals surface area contributed by atoms with Crippen LogP contribution in [0.4, 0.5) is 5.69 Å². The molecular weight excluding hydrogens is 412 g/mol. The summed E-state index contributed by atoms with van der Waals surface area (Å²) in [5, 5.41) is 23.6. The van der Waals surface area contributed by atoms with Gasteiger partial charge in [-0.1, -0.05) is 31.4 Å². The lowest BCUT2D eigenvalue weighted by atomic mass is 9.77. The SMILES string of the molecule is O=S(=O)(NC1CCCCC1)c1ccc2c(c1)C1C=CCC1C(c1ccc(O)cc1O)N2. The van der Waals surface area contributed by atoms with Crippen molar-refractivity contribution in [3.63, 3.8) is 0 Å². The normalized spacial score (nSPS) is 25.6. The van der Waals surface area contributed by atoms with Crippen molar-refractivity contribution in [1.29, 1.82) is 0 Å². The van der Waals surface area contributed by atoms with Crippen molar-refractivity contribution < 1.29 is 18.6 Å². The molecule has 1 saturated carbocycles. The van der Waals surface area contributed by atoms with E-state index in [1.54, 1.807) is 24.3 Å². The summed E-state index contributed by atoms with van der Waals surface area (Å²) in [4.78, 5) is 0.309. The summed E-state index contributed by atoms with van der Waals surface area (Å²) in [6, 6.07) is 9.86. The quantitative estimate of drug-likeness (QED) is 0.524. The number of hydrogen-bond donors (Lipinski definition) is 4. The Morgan fingerprint density at radius 2 is 1.77 bits per heavy atom. The Bertz CT molecular complexity index is 1120. The highest BCUT2D eigenvalue weighted by molar-refractivity contribution is 7.89. The minimum Gasteiger partial charge on any atom is -0.508 e. The highest BCUT2D eigenvalue weighted by atomic mass is 32.2. The Hall–Kier alpha value is -2.51. The summed E-state index contributed by atoms with van der Waals surface area (Å²) in [6.07, 6.45) is 10.2. The van der Waals surface area contributed by atoms with E-state index < -0.39 is 10.0 Å². The van der Waals surface area contributed by atoms with E-state index in [-0.39, 0.29) is 35.4 Å². The van der Waals surface area contributed by atoms with Gasteiger partial charge in [0.05, 0.1) is 10.9 Å². The van der Waals surface area contributed by atoms with Crippen molar-refractivity contribution in [3.8, 4) is 11.5 Å². The van der Waals surface area contributed by atoms with Gasteiger partial charge in [-0.25, -0.2) is 13.1 Å². The van der Waals surface area contributed by atoms with Gasteiger partial charge in [0.2, 0.25) is 10.0 Å². The van der Waals surface area contributed by atoms with Crippen LogP contribution in [0.3, 0.4) is 0 Å². The minimum absolute atomic E-state index is 0.0221. The predicted molar refractivity (Wildman–Crippen MR) is 120 cm³/mol. The van der Waals surface area contributed by atoms with E-state index >= 15 is 0 Å². The molecule has 4 N–H and O–H groups in total. The molecule has 0 amide bonds. The van der Waals surface area contributed by atoms with Crippen molar-refractivity contribution in [2.45, 2.75) is 61.4 Å². The van der Waals surface area contributed by atoms with Crippen LogP contribution < -0.4 is 10.0 Å². The van der Waals surface area contributed by atoms with Gasteiger partial charge in [0.25, 0.3) is 0 Å². The second-order valence-electron chi connectivity index (χ2n) is 8.92. The van der Waals surface area contributed by atoms with Crippen LogP contribution >= 0.6 is 0 Å². The minimum atomic E-state index is -3.57. The van der Waals surface area contributed by atoms with E-state index in [1.165, 1.54) is 12.5 Å². The predicted octanol–water partition coefficient (Wildman–Crippen LogP) is 4.54. The summed E-state index contributed by atoms with van der Waals surface area (Å²) in [5.41, 5.74) is 2.58. The molecule has 0 bridgehead atoms. The third-order valence-electron chi connectivity index (χ3n) is 6.92. The molecule has 2 aliphatic carbocycles. The number of hydrogen-bond acceptors (Lipinski definition) is 5. The van der Waals surface area contributed by atoms with E-state index in [9.17, 15) is 18.6 Å². The van der Waals surface area contributed by atoms with E-state index in [4.69, 9.17) is 0 Å². The monoisotopic (exact) mass is 440 g/mol. The largest absolute Gasteiger partial charge is 0.508 e. The fraction of sp³-hybridized carbons (Fsp3) is 0.417. The number of rotatable bonds is 4. The van der Waals surface area contributed by atoms with Crippen LogP contribution in [0.15, 0.2) is 53.4 Å². The van der Waals surface area contributed by atoms with Crippen molar-refractivity contribution in [1.82, 2.24) is 4.72 Å². The van der Waals surface area contributed by atoms with Crippen LogP contribution in [0.1, 0.15) is 61.6 Å². The Balaban J connectivity index is 1.47. The van der Waals surface area contributed by atoms with Gasteiger partial charge in [0, 0.05) is 29.3 Å². The summed E-state index contributed by atoms with van der Waals surface area (Å²) in [6.45, 7) is 0. The number of phenolic OH excluding ortho intramolecular Hbond substituents is 2. The van der Waals surface area contributed by atoms with Gasteiger partial charge < -0.3 is 15.5 Å². The van der Waals surface area contributed by atoms with Crippen molar-refractivity contribution in [3.05, 3.63) is 59.7 Å². The summed E-state index contributed by atoms with van der Waals surface area (Å²) in [5.74, 6) is 0.313. The summed E-state index contributed by atoms with van der Waals surface area (Å²) < 4.78 is 29.0. The van der Waals surface area contributed by atoms with Crippen LogP contribution in [0.2, 0.25) is 0 Å². The van der Waals surface area contributed by atoms with Crippen molar-refractivity contribution in [2.24, 2.45) is 5.92 Å². The molecule has 0 aromatic heterocycles. The Morgan fingerprint density at radius 1 is 0.968 bits per heavy atom. The second kappa shape index (κ2) is 7.88. The number of nitrogens with one attached hydrogen (secondary N) is 2. The number of anilines is 1. The number of benzene rings is 2. The van der Waals surface area contributed by atoms with Crippen LogP contribution in [0.5, 0.6) is 11.5 Å². The number of fused-ring (bicyclic) bond motifs is 3. The molecule has 2 aromatic rings. The molecule has 2 aromatic carbocycles. The topological polar surface area (TPSA) is 98.7 Å². The van der Waals surface area contributed by atoms with E-state index in [1.807, 2.05) is 6.07 Å². The van der Waals surface area contributed by atoms with Gasteiger partial charge in [-0.2, -0.15) is 0 Å². The Kier molecular flexibility index (Phi) is 5.18. The zero-order chi connectivity index (χ0) is 21.6. The molecule has 7 heteroatoms. The Labute approximate surface area is 183 Å². The fourth-order valence-corrected chi connectivity index (χ4v) is 6.69. The molecule has 31 heavy (non-hydrogen) atoms. The first-order valence-electron chi connectivity index (χ1n) is 11.0. The van der Waals surface area contributed by atoms with Crippen molar-refractivity contribution >= 4 is 15.7 Å². The average molecular weight is 441 g/mol. The molecule has 1 heterocycles. The molecule has 164 valence electrons. The fourth-order valence-electron chi connectivity index (χ4n) is 5.35. The molecule has 0 radical (unpaired) electrons. The first-order valence-corrected chi connectivity index (χ1v) is 12.5. The lowest BCUT2D eigenvalue weighted by molar-refractivity contribution is 0.398. The summed E-state index contributed by atoms with van der Waals surface area (Å²) >= 11 is 0. The maximum absolute atomic E-state index is 13.0. The highest BCUT2D eigenvalue weighted by Crippen LogP contribution is 2.51. The second-order valence-corrected chi connectivity index (χ2v) is 10.6. The van der Waals surface area contributed by atoms with E-state index in [0.29, 0.717) is 4.90 Å². The third-order valence-corrected chi connectivity index (χ3v) is 8.44. The molecule has 0 spiro atoms. The van der Waals surface area contributed by atoms with Crippen LogP contribution in [-0.2, 0) is 10.0 Å². The van der Waals surface area contributed by atoms with Gasteiger partial charge in [-0.05, 0) is 61.1 Å². The van der Waals surface area contributed by atoms with Crippen LogP contribution in [-0.4, -0.2) is 24.7 Å². The van der Waals surface area contributed by atoms with Gasteiger partial charge >= 0.3 is 0 Å². The molecule has 1 aliphatic heterocycles.